The molecule has 2 aromatic rings. The molecule has 1 heterocycles. The van der Waals surface area contributed by atoms with Gasteiger partial charge < -0.3 is 15.0 Å². The minimum Gasteiger partial charge on any atom is -0.495 e. The summed E-state index contributed by atoms with van der Waals surface area (Å²) >= 11 is 6.09. The predicted octanol–water partition coefficient (Wildman–Crippen LogP) is 3.55. The van der Waals surface area contributed by atoms with Gasteiger partial charge in [-0.3, -0.25) is 9.59 Å². The second kappa shape index (κ2) is 7.47. The van der Waals surface area contributed by atoms with Gasteiger partial charge in [0.25, 0.3) is 0 Å². The van der Waals surface area contributed by atoms with Gasteiger partial charge in [0.05, 0.1) is 18.7 Å². The van der Waals surface area contributed by atoms with Crippen LogP contribution in [0.2, 0.25) is 5.02 Å². The number of hydrogen-bond acceptors (Lipinski definition) is 3. The van der Waals surface area contributed by atoms with Gasteiger partial charge in [0.15, 0.2) is 0 Å². The first-order valence-electron chi connectivity index (χ1n) is 9.49. The molecule has 1 aliphatic heterocycles. The van der Waals surface area contributed by atoms with Crippen molar-refractivity contribution in [1.82, 2.24) is 5.32 Å². The predicted molar refractivity (Wildman–Crippen MR) is 109 cm³/mol. The fourth-order valence-corrected chi connectivity index (χ4v) is 4.07. The molecule has 6 heteroatoms. The van der Waals surface area contributed by atoms with E-state index in [1.165, 1.54) is 5.56 Å². The highest BCUT2D eigenvalue weighted by Gasteiger charge is 2.45. The maximum Gasteiger partial charge on any atom is 0.227 e. The molecule has 1 aliphatic carbocycles. The number of amides is 2. The highest BCUT2D eigenvalue weighted by molar-refractivity contribution is 6.31. The number of ether oxygens (including phenoxy) is 1. The molecular weight excluding hydrogens is 376 g/mol. The van der Waals surface area contributed by atoms with Crippen LogP contribution in [0.25, 0.3) is 0 Å². The third-order valence-electron chi connectivity index (χ3n) is 5.77. The van der Waals surface area contributed by atoms with E-state index in [0.717, 1.165) is 12.8 Å². The van der Waals surface area contributed by atoms with Crippen molar-refractivity contribution in [2.24, 2.45) is 5.92 Å². The van der Waals surface area contributed by atoms with Crippen molar-refractivity contribution in [2.45, 2.75) is 24.7 Å². The number of nitrogens with zero attached hydrogens (tertiary/aromatic N) is 1. The maximum atomic E-state index is 12.7. The Labute approximate surface area is 169 Å². The van der Waals surface area contributed by atoms with Gasteiger partial charge in [0, 0.05) is 29.9 Å². The van der Waals surface area contributed by atoms with E-state index >= 15 is 0 Å². The van der Waals surface area contributed by atoms with E-state index in [0.29, 0.717) is 29.5 Å². The normalized spacial score (nSPS) is 20.1. The van der Waals surface area contributed by atoms with E-state index in [9.17, 15) is 9.59 Å². The van der Waals surface area contributed by atoms with Crippen LogP contribution in [-0.2, 0) is 15.0 Å². The number of carbonyl (C=O) groups is 2. The Morgan fingerprint density at radius 3 is 2.68 bits per heavy atom. The third-order valence-corrected chi connectivity index (χ3v) is 6.00. The van der Waals surface area contributed by atoms with Crippen LogP contribution in [0.15, 0.2) is 48.5 Å². The summed E-state index contributed by atoms with van der Waals surface area (Å²) in [4.78, 5) is 26.9. The summed E-state index contributed by atoms with van der Waals surface area (Å²) in [7, 11) is 1.55. The molecule has 4 rings (SSSR count). The van der Waals surface area contributed by atoms with Crippen molar-refractivity contribution in [1.29, 1.82) is 0 Å². The van der Waals surface area contributed by atoms with Gasteiger partial charge >= 0.3 is 0 Å². The Bertz CT molecular complexity index is 896. The Hall–Kier alpha value is -2.53. The second-order valence-electron chi connectivity index (χ2n) is 7.59. The number of halogens is 1. The monoisotopic (exact) mass is 398 g/mol. The van der Waals surface area contributed by atoms with Crippen molar-refractivity contribution < 1.29 is 14.3 Å². The molecule has 1 saturated heterocycles. The maximum absolute atomic E-state index is 12.7. The van der Waals surface area contributed by atoms with E-state index in [1.807, 2.05) is 18.2 Å². The lowest BCUT2D eigenvalue weighted by Crippen LogP contribution is -2.37. The molecule has 2 amide bonds. The first kappa shape index (κ1) is 18.8. The minimum absolute atomic E-state index is 0.0510. The second-order valence-corrected chi connectivity index (χ2v) is 8.02. The van der Waals surface area contributed by atoms with Crippen LogP contribution in [0, 0.1) is 5.92 Å². The van der Waals surface area contributed by atoms with Crippen LogP contribution in [0.4, 0.5) is 5.69 Å². The molecular formula is C22H23ClN2O3. The highest BCUT2D eigenvalue weighted by atomic mass is 35.5. The topological polar surface area (TPSA) is 58.6 Å². The summed E-state index contributed by atoms with van der Waals surface area (Å²) in [6.45, 7) is 0.945. The molecule has 146 valence electrons. The van der Waals surface area contributed by atoms with Crippen LogP contribution < -0.4 is 15.0 Å². The molecule has 1 atom stereocenters. The number of carbonyl (C=O) groups excluding carboxylic acids is 2. The lowest BCUT2D eigenvalue weighted by atomic mass is 9.95. The molecule has 1 N–H and O–H groups in total. The molecule has 1 unspecified atom stereocenters. The molecule has 1 saturated carbocycles. The van der Waals surface area contributed by atoms with Crippen LogP contribution >= 0.6 is 11.6 Å². The average Bonchev–Trinajstić information content (AvgIpc) is 3.41. The molecule has 0 bridgehead atoms. The van der Waals surface area contributed by atoms with Gasteiger partial charge in [-0.25, -0.2) is 0 Å². The van der Waals surface area contributed by atoms with Crippen molar-refractivity contribution in [3.63, 3.8) is 0 Å². The first-order valence-corrected chi connectivity index (χ1v) is 9.87. The molecule has 28 heavy (non-hydrogen) atoms. The standard InChI is InChI=1S/C22H23ClN2O3/c1-28-19-8-7-17(23)12-18(19)25-13-15(11-20(25)26)21(27)24-14-22(9-10-22)16-5-3-2-4-6-16/h2-8,12,15H,9-11,13-14H2,1H3,(H,24,27). The van der Waals surface area contributed by atoms with E-state index < -0.39 is 0 Å². The van der Waals surface area contributed by atoms with Crippen LogP contribution in [-0.4, -0.2) is 32.0 Å². The van der Waals surface area contributed by atoms with Crippen molar-refractivity contribution in [3.8, 4) is 5.75 Å². The van der Waals surface area contributed by atoms with E-state index in [1.54, 1.807) is 30.2 Å². The van der Waals surface area contributed by atoms with Crippen LogP contribution in [0.3, 0.4) is 0 Å². The van der Waals surface area contributed by atoms with Crippen LogP contribution in [0.1, 0.15) is 24.8 Å². The number of nitrogens with one attached hydrogen (secondary N) is 1. The molecule has 0 aromatic heterocycles. The van der Waals surface area contributed by atoms with Gasteiger partial charge in [-0.2, -0.15) is 0 Å². The number of methoxy groups -OCH3 is 1. The largest absolute Gasteiger partial charge is 0.495 e. The van der Waals surface area contributed by atoms with Crippen LogP contribution in [0.5, 0.6) is 5.75 Å². The number of hydrogen-bond donors (Lipinski definition) is 1. The van der Waals surface area contributed by atoms with Crippen molar-refractivity contribution in [2.75, 3.05) is 25.1 Å². The summed E-state index contributed by atoms with van der Waals surface area (Å²) in [6.07, 6.45) is 2.35. The number of anilines is 1. The summed E-state index contributed by atoms with van der Waals surface area (Å²) in [6, 6.07) is 15.4. The molecule has 0 radical (unpaired) electrons. The molecule has 5 nitrogen and oxygen atoms in total. The zero-order valence-corrected chi connectivity index (χ0v) is 16.5. The van der Waals surface area contributed by atoms with E-state index in [-0.39, 0.29) is 29.6 Å². The molecule has 2 fully saturated rings. The molecule has 0 spiro atoms. The highest BCUT2D eigenvalue weighted by Crippen LogP contribution is 2.47. The van der Waals surface area contributed by atoms with Gasteiger partial charge in [0.2, 0.25) is 11.8 Å². The first-order chi connectivity index (χ1) is 13.5. The molecule has 2 aliphatic rings. The summed E-state index contributed by atoms with van der Waals surface area (Å²) in [5, 5.41) is 3.61. The Kier molecular flexibility index (Phi) is 5.02. The van der Waals surface area contributed by atoms with Gasteiger partial charge in [0.1, 0.15) is 5.75 Å². The average molecular weight is 399 g/mol. The van der Waals surface area contributed by atoms with Crippen molar-refractivity contribution in [3.05, 3.63) is 59.1 Å². The minimum atomic E-state index is -0.372. The fourth-order valence-electron chi connectivity index (χ4n) is 3.90. The Morgan fingerprint density at radius 1 is 1.25 bits per heavy atom. The van der Waals surface area contributed by atoms with Gasteiger partial charge in [-0.05, 0) is 36.6 Å². The zero-order valence-electron chi connectivity index (χ0n) is 15.8. The van der Waals surface area contributed by atoms with Gasteiger partial charge in [-0.1, -0.05) is 41.9 Å². The Balaban J connectivity index is 1.42. The quantitative estimate of drug-likeness (QED) is 0.809. The summed E-state index contributed by atoms with van der Waals surface area (Å²) < 4.78 is 5.35. The summed E-state index contributed by atoms with van der Waals surface area (Å²) in [5.74, 6) is 0.0338. The lowest BCUT2D eigenvalue weighted by Gasteiger charge is -2.20. The molecule has 2 aromatic carbocycles. The van der Waals surface area contributed by atoms with Gasteiger partial charge in [-0.15, -0.1) is 0 Å². The van der Waals surface area contributed by atoms with E-state index in [4.69, 9.17) is 16.3 Å². The number of benzene rings is 2. The van der Waals surface area contributed by atoms with E-state index in [2.05, 4.69) is 17.4 Å². The number of rotatable bonds is 6. The third kappa shape index (κ3) is 3.59. The van der Waals surface area contributed by atoms with Crippen molar-refractivity contribution >= 4 is 29.1 Å². The SMILES string of the molecule is COc1ccc(Cl)cc1N1CC(C(=O)NCC2(c3ccccc3)CC2)CC1=O. The zero-order chi connectivity index (χ0) is 19.7. The summed E-state index contributed by atoms with van der Waals surface area (Å²) in [5.41, 5.74) is 1.93. The Morgan fingerprint density at radius 2 is 2.00 bits per heavy atom. The lowest BCUT2D eigenvalue weighted by molar-refractivity contribution is -0.126. The fraction of sp³-hybridized carbons (Fsp3) is 0.364. The smallest absolute Gasteiger partial charge is 0.227 e.